The molecule has 188 valence electrons. The van der Waals surface area contributed by atoms with Gasteiger partial charge in [0.1, 0.15) is 39.8 Å². The smallest absolute Gasteiger partial charge is 0.341 e. The van der Waals surface area contributed by atoms with Crippen molar-refractivity contribution in [1.82, 2.24) is 19.6 Å². The summed E-state index contributed by atoms with van der Waals surface area (Å²) in [6.45, 7) is 0.645. The van der Waals surface area contributed by atoms with E-state index < -0.39 is 17.6 Å². The zero-order chi connectivity index (χ0) is 25.7. The number of aromatic nitrogens is 4. The molecule has 1 aliphatic heterocycles. The number of hydrogen-bond acceptors (Lipinski definition) is 8. The minimum absolute atomic E-state index is 0.213. The molecule has 37 heavy (non-hydrogen) atoms. The Balaban J connectivity index is 1.41. The van der Waals surface area contributed by atoms with Crippen LogP contribution in [0, 0.1) is 11.6 Å². The van der Waals surface area contributed by atoms with E-state index in [1.54, 1.807) is 29.0 Å². The highest BCUT2D eigenvalue weighted by atomic mass is 19.1. The van der Waals surface area contributed by atoms with Gasteiger partial charge in [0, 0.05) is 30.4 Å². The van der Waals surface area contributed by atoms with Crippen molar-refractivity contribution in [3.8, 4) is 17.2 Å². The Hall–Kier alpha value is -4.54. The zero-order valence-corrected chi connectivity index (χ0v) is 19.9. The number of benzene rings is 2. The molecule has 0 radical (unpaired) electrons. The van der Waals surface area contributed by atoms with Crippen LogP contribution in [-0.2, 0) is 4.74 Å². The topological polar surface area (TPSA) is 95.0 Å². The first kappa shape index (κ1) is 22.9. The maximum absolute atomic E-state index is 14.6. The zero-order valence-electron chi connectivity index (χ0n) is 19.9. The van der Waals surface area contributed by atoms with Gasteiger partial charge in [0.25, 0.3) is 0 Å². The van der Waals surface area contributed by atoms with Gasteiger partial charge in [-0.15, -0.1) is 0 Å². The van der Waals surface area contributed by atoms with Gasteiger partial charge in [-0.05, 0) is 37.1 Å². The van der Waals surface area contributed by atoms with Crippen LogP contribution >= 0.6 is 0 Å². The number of carbonyl (C=O) groups is 1. The van der Waals surface area contributed by atoms with Crippen LogP contribution in [0.4, 0.5) is 14.6 Å². The number of carbonyl (C=O) groups excluding carboxylic acids is 1. The first-order chi connectivity index (χ1) is 18.0. The summed E-state index contributed by atoms with van der Waals surface area (Å²) in [6, 6.07) is 8.08. The van der Waals surface area contributed by atoms with Crippen LogP contribution in [0.1, 0.15) is 34.8 Å². The van der Waals surface area contributed by atoms with E-state index in [1.807, 2.05) is 4.90 Å². The van der Waals surface area contributed by atoms with Gasteiger partial charge in [-0.3, -0.25) is 0 Å². The maximum Gasteiger partial charge on any atom is 0.341 e. The van der Waals surface area contributed by atoms with Gasteiger partial charge in [0.05, 0.1) is 26.5 Å². The molecule has 1 atom stereocenters. The second-order valence-electron chi connectivity index (χ2n) is 8.66. The number of halogens is 2. The molecule has 5 aromatic rings. The van der Waals surface area contributed by atoms with Crippen LogP contribution in [0.5, 0.6) is 5.75 Å². The maximum atomic E-state index is 14.6. The van der Waals surface area contributed by atoms with Crippen molar-refractivity contribution in [3.05, 3.63) is 71.6 Å². The van der Waals surface area contributed by atoms with Crippen LogP contribution in [0.3, 0.4) is 0 Å². The first-order valence-electron chi connectivity index (χ1n) is 11.6. The molecule has 1 saturated heterocycles. The number of hydrogen-bond donors (Lipinski definition) is 0. The molecule has 0 N–H and O–H groups in total. The van der Waals surface area contributed by atoms with Gasteiger partial charge in [-0.2, -0.15) is 5.10 Å². The van der Waals surface area contributed by atoms with E-state index in [0.717, 1.165) is 18.6 Å². The standard InChI is InChI=1S/C26H21F2N5O4/c1-35-21-12-19-22(11-16(21)26(34)36-2)37-25(30-19)17-13-29-33-9-7-23(31-24(17)33)32-8-3-4-20(32)15-10-14(27)5-6-18(15)28/h5-7,9-13,20H,3-4,8H2,1-2H3/t20-/m1/s1. The van der Waals surface area contributed by atoms with E-state index in [4.69, 9.17) is 18.9 Å². The summed E-state index contributed by atoms with van der Waals surface area (Å²) >= 11 is 0. The van der Waals surface area contributed by atoms with E-state index >= 15 is 0 Å². The number of anilines is 1. The van der Waals surface area contributed by atoms with Gasteiger partial charge < -0.3 is 18.8 Å². The van der Waals surface area contributed by atoms with Crippen LogP contribution in [0.15, 0.2) is 53.2 Å². The molecule has 4 heterocycles. The molecule has 9 nitrogen and oxygen atoms in total. The number of methoxy groups -OCH3 is 2. The summed E-state index contributed by atoms with van der Waals surface area (Å²) in [6.07, 6.45) is 4.83. The van der Waals surface area contributed by atoms with Gasteiger partial charge in [-0.1, -0.05) is 0 Å². The molecular formula is C26H21F2N5O4. The van der Waals surface area contributed by atoms with E-state index in [0.29, 0.717) is 52.4 Å². The Labute approximate surface area is 209 Å². The van der Waals surface area contributed by atoms with Crippen molar-refractivity contribution < 1.29 is 27.5 Å². The van der Waals surface area contributed by atoms with Crippen LogP contribution < -0.4 is 9.64 Å². The van der Waals surface area contributed by atoms with E-state index in [2.05, 4.69) is 10.1 Å². The van der Waals surface area contributed by atoms with Gasteiger partial charge in [0.2, 0.25) is 5.89 Å². The van der Waals surface area contributed by atoms with E-state index in [9.17, 15) is 13.6 Å². The highest BCUT2D eigenvalue weighted by Gasteiger charge is 2.30. The normalized spacial score (nSPS) is 15.6. The molecule has 3 aromatic heterocycles. The van der Waals surface area contributed by atoms with E-state index in [-0.39, 0.29) is 17.5 Å². The van der Waals surface area contributed by atoms with Gasteiger partial charge >= 0.3 is 5.97 Å². The van der Waals surface area contributed by atoms with Crippen molar-refractivity contribution in [2.75, 3.05) is 25.7 Å². The van der Waals surface area contributed by atoms with Crippen molar-refractivity contribution >= 4 is 28.5 Å². The molecule has 11 heteroatoms. The lowest BCUT2D eigenvalue weighted by Gasteiger charge is -2.26. The molecule has 6 rings (SSSR count). The fourth-order valence-electron chi connectivity index (χ4n) is 4.81. The summed E-state index contributed by atoms with van der Waals surface area (Å²) in [5.74, 6) is -0.317. The summed E-state index contributed by atoms with van der Waals surface area (Å²) in [5, 5.41) is 4.36. The summed E-state index contributed by atoms with van der Waals surface area (Å²) in [7, 11) is 2.74. The van der Waals surface area contributed by atoms with Crippen molar-refractivity contribution in [1.29, 1.82) is 0 Å². The van der Waals surface area contributed by atoms with E-state index in [1.165, 1.54) is 26.4 Å². The lowest BCUT2D eigenvalue weighted by Crippen LogP contribution is -2.24. The lowest BCUT2D eigenvalue weighted by atomic mass is 10.0. The minimum Gasteiger partial charge on any atom is -0.496 e. The second kappa shape index (κ2) is 8.84. The number of ether oxygens (including phenoxy) is 2. The van der Waals surface area contributed by atoms with Crippen LogP contribution in [0.25, 0.3) is 28.2 Å². The third-order valence-electron chi connectivity index (χ3n) is 6.56. The minimum atomic E-state index is -0.561. The monoisotopic (exact) mass is 505 g/mol. The second-order valence-corrected chi connectivity index (χ2v) is 8.66. The number of rotatable bonds is 5. The SMILES string of the molecule is COC(=O)c1cc2oc(-c3cnn4ccc(N5CCC[C@@H]5c5cc(F)ccc5F)nc34)nc2cc1OC. The molecule has 2 aromatic carbocycles. The fourth-order valence-corrected chi connectivity index (χ4v) is 4.81. The summed E-state index contributed by atoms with van der Waals surface area (Å²) in [5.41, 5.74) is 2.38. The molecule has 1 aliphatic rings. The highest BCUT2D eigenvalue weighted by molar-refractivity contribution is 5.97. The predicted molar refractivity (Wildman–Crippen MR) is 130 cm³/mol. The Bertz CT molecular complexity index is 1660. The fraction of sp³-hybridized carbons (Fsp3) is 0.231. The molecule has 0 saturated carbocycles. The van der Waals surface area contributed by atoms with Gasteiger partial charge in [-0.25, -0.2) is 28.1 Å². The van der Waals surface area contributed by atoms with Crippen molar-refractivity contribution in [3.63, 3.8) is 0 Å². The molecule has 0 amide bonds. The number of fused-ring (bicyclic) bond motifs is 2. The average molecular weight is 505 g/mol. The number of oxazole rings is 1. The van der Waals surface area contributed by atoms with Crippen molar-refractivity contribution in [2.45, 2.75) is 18.9 Å². The Morgan fingerprint density at radius 2 is 2.00 bits per heavy atom. The molecule has 0 spiro atoms. The summed E-state index contributed by atoms with van der Waals surface area (Å²) < 4.78 is 46.2. The molecule has 0 aliphatic carbocycles. The number of esters is 1. The molecule has 0 unspecified atom stereocenters. The molecular weight excluding hydrogens is 484 g/mol. The third-order valence-corrected chi connectivity index (χ3v) is 6.56. The van der Waals surface area contributed by atoms with Crippen molar-refractivity contribution in [2.24, 2.45) is 0 Å². The Morgan fingerprint density at radius 3 is 2.81 bits per heavy atom. The summed E-state index contributed by atoms with van der Waals surface area (Å²) in [4.78, 5) is 23.5. The third kappa shape index (κ3) is 3.83. The predicted octanol–water partition coefficient (Wildman–Crippen LogP) is 4.95. The molecule has 0 bridgehead atoms. The first-order valence-corrected chi connectivity index (χ1v) is 11.6. The van der Waals surface area contributed by atoms with Crippen LogP contribution in [0.2, 0.25) is 0 Å². The quantitative estimate of drug-likeness (QED) is 0.310. The highest BCUT2D eigenvalue weighted by Crippen LogP contribution is 2.38. The largest absolute Gasteiger partial charge is 0.496 e. The molecule has 1 fully saturated rings. The lowest BCUT2D eigenvalue weighted by molar-refractivity contribution is 0.0597. The Morgan fingerprint density at radius 1 is 1.14 bits per heavy atom. The Kier molecular flexibility index (Phi) is 5.47. The average Bonchev–Trinajstić information content (AvgIpc) is 3.65. The van der Waals surface area contributed by atoms with Crippen LogP contribution in [-0.4, -0.2) is 46.3 Å². The number of nitrogens with zero attached hydrogens (tertiary/aromatic N) is 5. The van der Waals surface area contributed by atoms with Gasteiger partial charge in [0.15, 0.2) is 11.2 Å².